The Labute approximate surface area is 89.0 Å². The van der Waals surface area contributed by atoms with Gasteiger partial charge in [0.1, 0.15) is 0 Å². The first-order valence-electron chi connectivity index (χ1n) is 5.56. The first-order valence-corrected chi connectivity index (χ1v) is 5.56. The van der Waals surface area contributed by atoms with Gasteiger partial charge in [0, 0.05) is 19.0 Å². The molecule has 84 valence electrons. The molecule has 0 aromatic heterocycles. The number of carbonyl (C=O) groups excluding carboxylic acids is 2. The molecule has 2 rings (SSSR count). The van der Waals surface area contributed by atoms with E-state index in [2.05, 4.69) is 16.0 Å². The molecule has 0 saturated carbocycles. The molecule has 2 aliphatic heterocycles. The highest BCUT2D eigenvalue weighted by Crippen LogP contribution is 2.07. The first-order chi connectivity index (χ1) is 7.25. The van der Waals surface area contributed by atoms with Gasteiger partial charge >= 0.3 is 0 Å². The minimum atomic E-state index is -0.0253. The number of nitrogens with one attached hydrogen (secondary N) is 3. The van der Waals surface area contributed by atoms with E-state index in [4.69, 9.17) is 0 Å². The average Bonchev–Trinajstić information content (AvgIpc) is 2.74. The van der Waals surface area contributed by atoms with Crippen LogP contribution in [0.5, 0.6) is 0 Å². The number of rotatable bonds is 2. The van der Waals surface area contributed by atoms with Crippen molar-refractivity contribution in [2.75, 3.05) is 13.1 Å². The Kier molecular flexibility index (Phi) is 3.20. The molecule has 2 heterocycles. The van der Waals surface area contributed by atoms with E-state index >= 15 is 0 Å². The average molecular weight is 211 g/mol. The topological polar surface area (TPSA) is 70.2 Å². The van der Waals surface area contributed by atoms with Crippen molar-refractivity contribution in [3.63, 3.8) is 0 Å². The van der Waals surface area contributed by atoms with E-state index < -0.39 is 0 Å². The number of piperidine rings is 1. The van der Waals surface area contributed by atoms with Gasteiger partial charge in [-0.15, -0.1) is 0 Å². The van der Waals surface area contributed by atoms with Gasteiger partial charge in [0.05, 0.1) is 6.04 Å². The third-order valence-corrected chi connectivity index (χ3v) is 2.99. The van der Waals surface area contributed by atoms with Crippen LogP contribution in [-0.2, 0) is 9.59 Å². The van der Waals surface area contributed by atoms with E-state index in [0.717, 1.165) is 25.8 Å². The molecule has 2 saturated heterocycles. The van der Waals surface area contributed by atoms with Crippen LogP contribution in [0.1, 0.15) is 25.7 Å². The highest BCUT2D eigenvalue weighted by molar-refractivity contribution is 5.83. The predicted molar refractivity (Wildman–Crippen MR) is 55.2 cm³/mol. The second kappa shape index (κ2) is 4.61. The summed E-state index contributed by atoms with van der Waals surface area (Å²) in [5.74, 6) is 0.160. The standard InChI is InChI=1S/C10H17N3O2/c14-9-4-3-7(6-12-9)13-10(15)8-2-1-5-11-8/h7-8,11H,1-6H2,(H,12,14)(H,13,15). The number of carbonyl (C=O) groups is 2. The van der Waals surface area contributed by atoms with Crippen molar-refractivity contribution >= 4 is 11.8 Å². The molecular weight excluding hydrogens is 194 g/mol. The highest BCUT2D eigenvalue weighted by atomic mass is 16.2. The second-order valence-corrected chi connectivity index (χ2v) is 4.20. The molecule has 0 radical (unpaired) electrons. The first kappa shape index (κ1) is 10.4. The summed E-state index contributed by atoms with van der Waals surface area (Å²) in [5.41, 5.74) is 0. The fourth-order valence-corrected chi connectivity index (χ4v) is 2.07. The maximum Gasteiger partial charge on any atom is 0.237 e. The summed E-state index contributed by atoms with van der Waals surface area (Å²) in [5, 5.41) is 8.87. The summed E-state index contributed by atoms with van der Waals surface area (Å²) in [6.45, 7) is 1.50. The molecule has 0 spiro atoms. The highest BCUT2D eigenvalue weighted by Gasteiger charge is 2.25. The summed E-state index contributed by atoms with van der Waals surface area (Å²) in [6, 6.07) is 0.0835. The zero-order valence-corrected chi connectivity index (χ0v) is 8.71. The fourth-order valence-electron chi connectivity index (χ4n) is 2.07. The zero-order valence-electron chi connectivity index (χ0n) is 8.71. The molecule has 2 atom stereocenters. The maximum atomic E-state index is 11.7. The molecule has 3 N–H and O–H groups in total. The monoisotopic (exact) mass is 211 g/mol. The quantitative estimate of drug-likeness (QED) is 0.556. The van der Waals surface area contributed by atoms with Crippen molar-refractivity contribution < 1.29 is 9.59 Å². The van der Waals surface area contributed by atoms with Gasteiger partial charge < -0.3 is 16.0 Å². The van der Waals surface area contributed by atoms with E-state index in [9.17, 15) is 9.59 Å². The molecule has 15 heavy (non-hydrogen) atoms. The van der Waals surface area contributed by atoms with Gasteiger partial charge in [-0.2, -0.15) is 0 Å². The molecular formula is C10H17N3O2. The number of amides is 2. The molecule has 2 aliphatic rings. The predicted octanol–water partition coefficient (Wildman–Crippen LogP) is -0.867. The summed E-state index contributed by atoms with van der Waals surface area (Å²) < 4.78 is 0. The van der Waals surface area contributed by atoms with Crippen molar-refractivity contribution in [1.82, 2.24) is 16.0 Å². The lowest BCUT2D eigenvalue weighted by Gasteiger charge is -2.24. The Morgan fingerprint density at radius 1 is 1.40 bits per heavy atom. The van der Waals surface area contributed by atoms with Crippen LogP contribution in [0.4, 0.5) is 0 Å². The Balaban J connectivity index is 1.76. The number of hydrogen-bond donors (Lipinski definition) is 3. The van der Waals surface area contributed by atoms with E-state index in [1.165, 1.54) is 0 Å². The summed E-state index contributed by atoms with van der Waals surface area (Å²) >= 11 is 0. The molecule has 5 heteroatoms. The third-order valence-electron chi connectivity index (χ3n) is 2.99. The molecule has 2 fully saturated rings. The van der Waals surface area contributed by atoms with Crippen LogP contribution in [0.15, 0.2) is 0 Å². The maximum absolute atomic E-state index is 11.7. The van der Waals surface area contributed by atoms with Crippen molar-refractivity contribution in [3.8, 4) is 0 Å². The van der Waals surface area contributed by atoms with Crippen molar-refractivity contribution in [3.05, 3.63) is 0 Å². The van der Waals surface area contributed by atoms with Crippen molar-refractivity contribution in [2.45, 2.75) is 37.8 Å². The van der Waals surface area contributed by atoms with Gasteiger partial charge in [-0.05, 0) is 25.8 Å². The lowest BCUT2D eigenvalue weighted by Crippen LogP contribution is -2.51. The Hall–Kier alpha value is -1.10. The van der Waals surface area contributed by atoms with Gasteiger partial charge in [-0.1, -0.05) is 0 Å². The molecule has 0 aromatic carbocycles. The summed E-state index contributed by atoms with van der Waals surface area (Å²) in [4.78, 5) is 22.6. The van der Waals surface area contributed by atoms with E-state index in [1.54, 1.807) is 0 Å². The minimum absolute atomic E-state index is 0.0253. The van der Waals surface area contributed by atoms with Crippen LogP contribution < -0.4 is 16.0 Å². The van der Waals surface area contributed by atoms with Crippen molar-refractivity contribution in [2.24, 2.45) is 0 Å². The third kappa shape index (κ3) is 2.68. The van der Waals surface area contributed by atoms with E-state index in [-0.39, 0.29) is 23.9 Å². The number of hydrogen-bond acceptors (Lipinski definition) is 3. The Morgan fingerprint density at radius 3 is 2.87 bits per heavy atom. The SMILES string of the molecule is O=C1CCC(NC(=O)C2CCCN2)CN1. The molecule has 5 nitrogen and oxygen atoms in total. The van der Waals surface area contributed by atoms with Crippen LogP contribution >= 0.6 is 0 Å². The molecule has 2 amide bonds. The fraction of sp³-hybridized carbons (Fsp3) is 0.800. The molecule has 0 aliphatic carbocycles. The Bertz CT molecular complexity index is 251. The van der Waals surface area contributed by atoms with Crippen LogP contribution in [0.2, 0.25) is 0 Å². The van der Waals surface area contributed by atoms with Crippen LogP contribution in [-0.4, -0.2) is 37.0 Å². The molecule has 0 aromatic rings. The van der Waals surface area contributed by atoms with Crippen LogP contribution in [0.25, 0.3) is 0 Å². The van der Waals surface area contributed by atoms with Crippen molar-refractivity contribution in [1.29, 1.82) is 0 Å². The second-order valence-electron chi connectivity index (χ2n) is 4.20. The van der Waals surface area contributed by atoms with Gasteiger partial charge in [0.2, 0.25) is 11.8 Å². The summed E-state index contributed by atoms with van der Waals surface area (Å²) in [7, 11) is 0. The minimum Gasteiger partial charge on any atom is -0.354 e. The molecule has 2 unspecified atom stereocenters. The van der Waals surface area contributed by atoms with Crippen LogP contribution in [0, 0.1) is 0 Å². The Morgan fingerprint density at radius 2 is 2.27 bits per heavy atom. The van der Waals surface area contributed by atoms with Crippen LogP contribution in [0.3, 0.4) is 0 Å². The van der Waals surface area contributed by atoms with E-state index in [1.807, 2.05) is 0 Å². The largest absolute Gasteiger partial charge is 0.354 e. The van der Waals surface area contributed by atoms with Gasteiger partial charge in [0.15, 0.2) is 0 Å². The van der Waals surface area contributed by atoms with Gasteiger partial charge in [0.25, 0.3) is 0 Å². The smallest absolute Gasteiger partial charge is 0.237 e. The van der Waals surface area contributed by atoms with E-state index in [0.29, 0.717) is 13.0 Å². The zero-order chi connectivity index (χ0) is 10.7. The lowest BCUT2D eigenvalue weighted by atomic mass is 10.1. The normalized spacial score (nSPS) is 31.1. The van der Waals surface area contributed by atoms with Gasteiger partial charge in [-0.3, -0.25) is 9.59 Å². The van der Waals surface area contributed by atoms with Gasteiger partial charge in [-0.25, -0.2) is 0 Å². The molecule has 0 bridgehead atoms. The summed E-state index contributed by atoms with van der Waals surface area (Å²) in [6.07, 6.45) is 3.26. The lowest BCUT2D eigenvalue weighted by molar-refractivity contribution is -0.126.